The number of hydrogen-bond acceptors (Lipinski definition) is 2. The molecule has 1 N–H and O–H groups in total. The van der Waals surface area contributed by atoms with Crippen molar-refractivity contribution < 1.29 is 9.18 Å². The number of hydrogen-bond donors (Lipinski definition) is 1. The van der Waals surface area contributed by atoms with Gasteiger partial charge in [-0.05, 0) is 18.2 Å². The highest BCUT2D eigenvalue weighted by Gasteiger charge is 2.13. The highest BCUT2D eigenvalue weighted by Crippen LogP contribution is 2.25. The zero-order chi connectivity index (χ0) is 16.9. The van der Waals surface area contributed by atoms with Crippen LogP contribution >= 0.6 is 0 Å². The lowest BCUT2D eigenvalue weighted by Crippen LogP contribution is -2.13. The van der Waals surface area contributed by atoms with Crippen LogP contribution in [0.4, 0.5) is 10.2 Å². The van der Waals surface area contributed by atoms with Gasteiger partial charge >= 0.3 is 0 Å². The van der Waals surface area contributed by atoms with Crippen LogP contribution in [0.2, 0.25) is 0 Å². The lowest BCUT2D eigenvalue weighted by atomic mass is 10.1. The van der Waals surface area contributed by atoms with Gasteiger partial charge in [-0.2, -0.15) is 5.10 Å². The van der Waals surface area contributed by atoms with Gasteiger partial charge in [-0.1, -0.05) is 42.5 Å². The van der Waals surface area contributed by atoms with Crippen LogP contribution < -0.4 is 5.32 Å². The Kier molecular flexibility index (Phi) is 4.52. The van der Waals surface area contributed by atoms with Crippen molar-refractivity contribution >= 4 is 11.7 Å². The van der Waals surface area contributed by atoms with E-state index in [0.717, 1.165) is 5.56 Å². The molecular formula is C19H16FN3O. The second-order valence-corrected chi connectivity index (χ2v) is 5.21. The Morgan fingerprint density at radius 2 is 1.96 bits per heavy atom. The number of anilines is 1. The van der Waals surface area contributed by atoms with E-state index in [4.69, 9.17) is 0 Å². The average molecular weight is 321 g/mol. The zero-order valence-electron chi connectivity index (χ0n) is 12.9. The quantitative estimate of drug-likeness (QED) is 0.716. The summed E-state index contributed by atoms with van der Waals surface area (Å²) in [6, 6.07) is 17.4. The summed E-state index contributed by atoms with van der Waals surface area (Å²) >= 11 is 0. The van der Waals surface area contributed by atoms with Gasteiger partial charge in [0, 0.05) is 18.1 Å². The Hall–Kier alpha value is -3.21. The van der Waals surface area contributed by atoms with E-state index in [1.807, 2.05) is 30.3 Å². The summed E-state index contributed by atoms with van der Waals surface area (Å²) < 4.78 is 15.1. The van der Waals surface area contributed by atoms with Crippen molar-refractivity contribution in [2.24, 2.45) is 0 Å². The summed E-state index contributed by atoms with van der Waals surface area (Å²) in [6.07, 6.45) is 1.71. The summed E-state index contributed by atoms with van der Waals surface area (Å²) in [4.78, 5) is 11.9. The van der Waals surface area contributed by atoms with E-state index in [-0.39, 0.29) is 18.1 Å². The largest absolute Gasteiger partial charge is 0.310 e. The zero-order valence-corrected chi connectivity index (χ0v) is 12.9. The first-order valence-electron chi connectivity index (χ1n) is 7.49. The fourth-order valence-electron chi connectivity index (χ4n) is 2.35. The smallest absolute Gasteiger partial charge is 0.229 e. The summed E-state index contributed by atoms with van der Waals surface area (Å²) in [5.41, 5.74) is 2.13. The van der Waals surface area contributed by atoms with Gasteiger partial charge in [0.15, 0.2) is 0 Å². The number of aromatic nitrogens is 2. The molecule has 5 heteroatoms. The average Bonchev–Trinajstić information content (AvgIpc) is 2.99. The van der Waals surface area contributed by atoms with Gasteiger partial charge in [-0.25, -0.2) is 9.07 Å². The van der Waals surface area contributed by atoms with Gasteiger partial charge in [0.25, 0.3) is 0 Å². The molecule has 1 heterocycles. The minimum Gasteiger partial charge on any atom is -0.310 e. The van der Waals surface area contributed by atoms with Crippen molar-refractivity contribution in [3.63, 3.8) is 0 Å². The maximum atomic E-state index is 13.6. The van der Waals surface area contributed by atoms with Crippen molar-refractivity contribution in [3.05, 3.63) is 79.1 Å². The van der Waals surface area contributed by atoms with Crippen LogP contribution in [0.1, 0.15) is 6.42 Å². The maximum Gasteiger partial charge on any atom is 0.229 e. The normalized spacial score (nSPS) is 10.4. The van der Waals surface area contributed by atoms with Crippen LogP contribution in [0.3, 0.4) is 0 Å². The molecule has 4 nitrogen and oxygen atoms in total. The summed E-state index contributed by atoms with van der Waals surface area (Å²) in [7, 11) is 0. The number of rotatable bonds is 5. The molecule has 0 saturated heterocycles. The molecule has 0 atom stereocenters. The summed E-state index contributed by atoms with van der Waals surface area (Å²) in [5.74, 6) is -0.0962. The fraction of sp³-hybridized carbons (Fsp3) is 0.0526. The topological polar surface area (TPSA) is 46.9 Å². The maximum absolute atomic E-state index is 13.6. The number of halogens is 1. The highest BCUT2D eigenvalue weighted by molar-refractivity contribution is 5.91. The van der Waals surface area contributed by atoms with Gasteiger partial charge in [-0.3, -0.25) is 4.79 Å². The third-order valence-corrected chi connectivity index (χ3v) is 3.43. The van der Waals surface area contributed by atoms with E-state index < -0.39 is 0 Å². The third kappa shape index (κ3) is 3.41. The summed E-state index contributed by atoms with van der Waals surface area (Å²) in [6.45, 7) is 3.55. The number of carbonyl (C=O) groups is 1. The molecule has 120 valence electrons. The standard InChI is InChI=1S/C19H16FN3O/c1-2-7-19(24)21-18-13-17(14-8-4-3-5-9-14)22-23(18)16-11-6-10-15(20)12-16/h2-6,8-13H,1,7H2,(H,21,24). The minimum atomic E-state index is -0.368. The Labute approximate surface area is 139 Å². The number of amides is 1. The molecule has 1 aromatic heterocycles. The molecule has 1 amide bonds. The van der Waals surface area contributed by atoms with Gasteiger partial charge in [0.2, 0.25) is 5.91 Å². The van der Waals surface area contributed by atoms with E-state index in [0.29, 0.717) is 17.2 Å². The number of nitrogens with zero attached hydrogens (tertiary/aromatic N) is 2. The highest BCUT2D eigenvalue weighted by atomic mass is 19.1. The van der Waals surface area contributed by atoms with Crippen LogP contribution in [0, 0.1) is 5.82 Å². The Bertz CT molecular complexity index is 871. The second-order valence-electron chi connectivity index (χ2n) is 5.21. The number of carbonyl (C=O) groups excluding carboxylic acids is 1. The lowest BCUT2D eigenvalue weighted by molar-refractivity contribution is -0.115. The Morgan fingerprint density at radius 3 is 2.67 bits per heavy atom. The minimum absolute atomic E-state index is 0.189. The first kappa shape index (κ1) is 15.7. The fourth-order valence-corrected chi connectivity index (χ4v) is 2.35. The Balaban J connectivity index is 2.06. The number of nitrogens with one attached hydrogen (secondary N) is 1. The van der Waals surface area contributed by atoms with Gasteiger partial charge in [-0.15, -0.1) is 6.58 Å². The van der Waals surface area contributed by atoms with Crippen LogP contribution in [0.25, 0.3) is 16.9 Å². The first-order valence-corrected chi connectivity index (χ1v) is 7.49. The van der Waals surface area contributed by atoms with Crippen LogP contribution in [-0.4, -0.2) is 15.7 Å². The number of benzene rings is 2. The van der Waals surface area contributed by atoms with Gasteiger partial charge in [0.05, 0.1) is 11.4 Å². The molecule has 0 aliphatic rings. The van der Waals surface area contributed by atoms with E-state index >= 15 is 0 Å². The SMILES string of the molecule is C=CCC(=O)Nc1cc(-c2ccccc2)nn1-c1cccc(F)c1. The molecule has 3 aromatic rings. The molecule has 0 spiro atoms. The van der Waals surface area contributed by atoms with Crippen LogP contribution in [0.15, 0.2) is 73.3 Å². The Morgan fingerprint density at radius 1 is 1.17 bits per heavy atom. The van der Waals surface area contributed by atoms with E-state index in [1.54, 1.807) is 18.2 Å². The molecule has 0 unspecified atom stereocenters. The van der Waals surface area contributed by atoms with Crippen molar-refractivity contribution in [1.82, 2.24) is 9.78 Å². The second kappa shape index (κ2) is 6.91. The van der Waals surface area contributed by atoms with Crippen molar-refractivity contribution in [3.8, 4) is 16.9 Å². The first-order chi connectivity index (χ1) is 11.7. The molecule has 0 aliphatic heterocycles. The predicted octanol–water partition coefficient (Wildman–Crippen LogP) is 4.19. The van der Waals surface area contributed by atoms with E-state index in [9.17, 15) is 9.18 Å². The van der Waals surface area contributed by atoms with Crippen molar-refractivity contribution in [2.45, 2.75) is 6.42 Å². The lowest BCUT2D eigenvalue weighted by Gasteiger charge is -2.08. The van der Waals surface area contributed by atoms with E-state index in [1.165, 1.54) is 22.9 Å². The van der Waals surface area contributed by atoms with Gasteiger partial charge in [0.1, 0.15) is 11.6 Å². The molecular weight excluding hydrogens is 305 g/mol. The molecule has 3 rings (SSSR count). The molecule has 0 bridgehead atoms. The van der Waals surface area contributed by atoms with Crippen LogP contribution in [-0.2, 0) is 4.79 Å². The molecule has 0 saturated carbocycles. The molecule has 24 heavy (non-hydrogen) atoms. The third-order valence-electron chi connectivity index (χ3n) is 3.43. The molecule has 0 fully saturated rings. The van der Waals surface area contributed by atoms with E-state index in [2.05, 4.69) is 17.0 Å². The van der Waals surface area contributed by atoms with Crippen molar-refractivity contribution in [2.75, 3.05) is 5.32 Å². The summed E-state index contributed by atoms with van der Waals surface area (Å²) in [5, 5.41) is 7.30. The molecule has 0 radical (unpaired) electrons. The van der Waals surface area contributed by atoms with Crippen LogP contribution in [0.5, 0.6) is 0 Å². The molecule has 2 aromatic carbocycles. The van der Waals surface area contributed by atoms with Crippen molar-refractivity contribution in [1.29, 1.82) is 0 Å². The van der Waals surface area contributed by atoms with Gasteiger partial charge < -0.3 is 5.32 Å². The predicted molar refractivity (Wildman–Crippen MR) is 92.4 cm³/mol. The monoisotopic (exact) mass is 321 g/mol. The molecule has 0 aliphatic carbocycles.